The lowest BCUT2D eigenvalue weighted by Gasteiger charge is -2.39. The zero-order chi connectivity index (χ0) is 31.6. The summed E-state index contributed by atoms with van der Waals surface area (Å²) >= 11 is 0. The Balaban J connectivity index is 0.000000298. The molecule has 3 aromatic rings. The van der Waals surface area contributed by atoms with Gasteiger partial charge in [0, 0.05) is 18.7 Å². The maximum Gasteiger partial charge on any atom is 0.251 e. The number of nitrogens with one attached hydrogen (secondary N) is 2. The number of benzene rings is 2. The highest BCUT2D eigenvalue weighted by molar-refractivity contribution is 5.97. The number of aromatic nitrogens is 3. The van der Waals surface area contributed by atoms with Gasteiger partial charge in [0.15, 0.2) is 0 Å². The second-order valence-electron chi connectivity index (χ2n) is 12.9. The van der Waals surface area contributed by atoms with Gasteiger partial charge in [0.05, 0.1) is 0 Å². The zero-order valence-electron chi connectivity index (χ0n) is 28.6. The van der Waals surface area contributed by atoms with Gasteiger partial charge in [-0.1, -0.05) is 94.4 Å². The van der Waals surface area contributed by atoms with Crippen molar-refractivity contribution in [1.82, 2.24) is 25.6 Å². The molecule has 2 N–H and O–H groups in total. The van der Waals surface area contributed by atoms with Gasteiger partial charge < -0.3 is 10.2 Å². The standard InChI is InChI=1S/C23H40.C13H19N5O/c1-10-21(6,7)18-15-16-19(23(12-3,13-4)14-5)20(17-18)22(8,9)11-2;1-3-18(4-2)8-7-14-13(19)10-5-6-11-12(9-10)16-17-15-11/h15-17H,10-14H2,1-9H3;5-6,9H,3-4,7-8H2,1-2H3,(H,14,19)(H,15,16,17). The first kappa shape index (κ1) is 35.5. The first-order valence-corrected chi connectivity index (χ1v) is 16.3. The molecule has 0 atom stereocenters. The minimum absolute atomic E-state index is 0.0722. The third-order valence-corrected chi connectivity index (χ3v) is 10.1. The Hall–Kier alpha value is -2.73. The van der Waals surface area contributed by atoms with E-state index in [9.17, 15) is 4.79 Å². The van der Waals surface area contributed by atoms with E-state index in [0.717, 1.165) is 25.2 Å². The van der Waals surface area contributed by atoms with Gasteiger partial charge in [-0.15, -0.1) is 0 Å². The molecule has 0 aliphatic heterocycles. The third kappa shape index (κ3) is 8.43. The fourth-order valence-corrected chi connectivity index (χ4v) is 5.65. The summed E-state index contributed by atoms with van der Waals surface area (Å²) in [5.41, 5.74) is 7.59. The normalized spacial score (nSPS) is 12.4. The van der Waals surface area contributed by atoms with Gasteiger partial charge in [0.25, 0.3) is 5.91 Å². The number of hydrogen-bond donors (Lipinski definition) is 2. The smallest absolute Gasteiger partial charge is 0.251 e. The Morgan fingerprint density at radius 3 is 1.88 bits per heavy atom. The highest BCUT2D eigenvalue weighted by Crippen LogP contribution is 2.43. The molecule has 0 spiro atoms. The van der Waals surface area contributed by atoms with Crippen LogP contribution >= 0.6 is 0 Å². The quantitative estimate of drug-likeness (QED) is 0.201. The van der Waals surface area contributed by atoms with Crippen molar-refractivity contribution in [2.75, 3.05) is 26.2 Å². The topological polar surface area (TPSA) is 73.9 Å². The van der Waals surface area contributed by atoms with Crippen molar-refractivity contribution in [3.63, 3.8) is 0 Å². The van der Waals surface area contributed by atoms with E-state index in [2.05, 4.69) is 120 Å². The van der Waals surface area contributed by atoms with Crippen molar-refractivity contribution < 1.29 is 4.79 Å². The molecule has 1 amide bonds. The van der Waals surface area contributed by atoms with Crippen LogP contribution in [0.25, 0.3) is 11.0 Å². The Morgan fingerprint density at radius 1 is 0.738 bits per heavy atom. The number of aromatic amines is 1. The van der Waals surface area contributed by atoms with Crippen LogP contribution in [-0.4, -0.2) is 52.4 Å². The molecule has 0 aliphatic rings. The second-order valence-corrected chi connectivity index (χ2v) is 12.9. The molecule has 0 saturated carbocycles. The molecule has 2 aromatic carbocycles. The number of hydrogen-bond acceptors (Lipinski definition) is 4. The molecule has 3 rings (SSSR count). The molecule has 0 bridgehead atoms. The van der Waals surface area contributed by atoms with Crippen LogP contribution < -0.4 is 5.32 Å². The molecule has 6 heteroatoms. The number of H-pyrrole nitrogens is 1. The van der Waals surface area contributed by atoms with Crippen molar-refractivity contribution in [3.05, 3.63) is 58.7 Å². The molecule has 0 saturated heterocycles. The van der Waals surface area contributed by atoms with E-state index in [1.807, 2.05) is 0 Å². The first-order chi connectivity index (χ1) is 19.9. The van der Waals surface area contributed by atoms with Crippen LogP contribution in [-0.2, 0) is 16.2 Å². The summed E-state index contributed by atoms with van der Waals surface area (Å²) in [4.78, 5) is 14.2. The minimum atomic E-state index is -0.0722. The fourth-order valence-electron chi connectivity index (χ4n) is 5.65. The van der Waals surface area contributed by atoms with Crippen LogP contribution in [0.2, 0.25) is 0 Å². The van der Waals surface area contributed by atoms with E-state index < -0.39 is 0 Å². The Kier molecular flexibility index (Phi) is 13.2. The third-order valence-electron chi connectivity index (χ3n) is 10.1. The Morgan fingerprint density at radius 2 is 1.33 bits per heavy atom. The van der Waals surface area contributed by atoms with E-state index >= 15 is 0 Å². The predicted octanol–water partition coefficient (Wildman–Crippen LogP) is 8.56. The van der Waals surface area contributed by atoms with E-state index in [1.165, 1.54) is 37.7 Å². The van der Waals surface area contributed by atoms with Crippen molar-refractivity contribution in [2.24, 2.45) is 0 Å². The Labute approximate surface area is 256 Å². The zero-order valence-corrected chi connectivity index (χ0v) is 28.6. The van der Waals surface area contributed by atoms with Crippen molar-refractivity contribution >= 4 is 16.9 Å². The number of rotatable bonds is 14. The highest BCUT2D eigenvalue weighted by Gasteiger charge is 2.34. The molecule has 0 radical (unpaired) electrons. The summed E-state index contributed by atoms with van der Waals surface area (Å²) in [7, 11) is 0. The summed E-state index contributed by atoms with van der Waals surface area (Å²) in [5.74, 6) is -0.0722. The summed E-state index contributed by atoms with van der Waals surface area (Å²) < 4.78 is 0. The van der Waals surface area contributed by atoms with Gasteiger partial charge in [-0.2, -0.15) is 15.4 Å². The van der Waals surface area contributed by atoms with Gasteiger partial charge in [0.1, 0.15) is 11.0 Å². The van der Waals surface area contributed by atoms with E-state index in [1.54, 1.807) is 29.3 Å². The lowest BCUT2D eigenvalue weighted by atomic mass is 9.66. The molecule has 234 valence electrons. The number of carbonyl (C=O) groups excluding carboxylic acids is 1. The molecule has 6 nitrogen and oxygen atoms in total. The van der Waals surface area contributed by atoms with Crippen LogP contribution in [0.5, 0.6) is 0 Å². The van der Waals surface area contributed by atoms with E-state index in [4.69, 9.17) is 0 Å². The predicted molar refractivity (Wildman–Crippen MR) is 180 cm³/mol. The number of carbonyl (C=O) groups is 1. The Bertz CT molecular complexity index is 1240. The van der Waals surface area contributed by atoms with Crippen LogP contribution in [0, 0.1) is 0 Å². The summed E-state index contributed by atoms with van der Waals surface area (Å²) in [5, 5.41) is 13.4. The van der Waals surface area contributed by atoms with Crippen molar-refractivity contribution in [1.29, 1.82) is 0 Å². The minimum Gasteiger partial charge on any atom is -0.351 e. The van der Waals surface area contributed by atoms with Crippen molar-refractivity contribution in [2.45, 2.75) is 125 Å². The van der Waals surface area contributed by atoms with Crippen LogP contribution in [0.4, 0.5) is 0 Å². The second kappa shape index (κ2) is 15.7. The van der Waals surface area contributed by atoms with Gasteiger partial charge in [0.2, 0.25) is 0 Å². The summed E-state index contributed by atoms with van der Waals surface area (Å²) in [6.45, 7) is 29.0. The number of nitrogens with zero attached hydrogens (tertiary/aromatic N) is 3. The lowest BCUT2D eigenvalue weighted by Crippen LogP contribution is -2.34. The van der Waals surface area contributed by atoms with Gasteiger partial charge in [-0.05, 0) is 96.3 Å². The number of amides is 1. The molecular formula is C36H59N5O. The average molecular weight is 578 g/mol. The van der Waals surface area contributed by atoms with Gasteiger partial charge in [-0.3, -0.25) is 4.79 Å². The monoisotopic (exact) mass is 577 g/mol. The largest absolute Gasteiger partial charge is 0.351 e. The van der Waals surface area contributed by atoms with E-state index in [0.29, 0.717) is 23.0 Å². The van der Waals surface area contributed by atoms with Crippen LogP contribution in [0.15, 0.2) is 36.4 Å². The molecule has 42 heavy (non-hydrogen) atoms. The molecule has 0 aliphatic carbocycles. The van der Waals surface area contributed by atoms with Crippen LogP contribution in [0.1, 0.15) is 135 Å². The molecule has 1 heterocycles. The van der Waals surface area contributed by atoms with Gasteiger partial charge in [-0.25, -0.2) is 0 Å². The van der Waals surface area contributed by atoms with Crippen LogP contribution in [0.3, 0.4) is 0 Å². The molecule has 1 aromatic heterocycles. The van der Waals surface area contributed by atoms with Crippen molar-refractivity contribution in [3.8, 4) is 0 Å². The highest BCUT2D eigenvalue weighted by atomic mass is 16.1. The summed E-state index contributed by atoms with van der Waals surface area (Å²) in [6.07, 6.45) is 6.04. The maximum atomic E-state index is 12.0. The first-order valence-electron chi connectivity index (χ1n) is 16.3. The van der Waals surface area contributed by atoms with E-state index in [-0.39, 0.29) is 16.7 Å². The van der Waals surface area contributed by atoms with Gasteiger partial charge >= 0.3 is 0 Å². The number of fused-ring (bicyclic) bond motifs is 1. The molecular weight excluding hydrogens is 518 g/mol. The SMILES string of the molecule is CCC(C)(C)c1ccc(C(CC)(CC)CC)c(C(C)(C)CC)c1.CCN(CC)CCNC(=O)c1ccc2n[nH]nc2c1. The number of likely N-dealkylation sites (N-methyl/N-ethyl adjacent to an activating group) is 1. The molecule has 0 unspecified atom stereocenters. The lowest BCUT2D eigenvalue weighted by molar-refractivity contribution is 0.0949. The average Bonchev–Trinajstić information content (AvgIpc) is 3.49. The maximum absolute atomic E-state index is 12.0. The molecule has 0 fully saturated rings. The summed E-state index contributed by atoms with van der Waals surface area (Å²) in [6, 6.07) is 12.7. The fraction of sp³-hybridized carbons (Fsp3) is 0.639.